The third-order valence-electron chi connectivity index (χ3n) is 4.80. The zero-order valence-corrected chi connectivity index (χ0v) is 15.0. The number of hydrogen-bond donors (Lipinski definition) is 1. The number of hydrogen-bond acceptors (Lipinski definition) is 3. The van der Waals surface area contributed by atoms with Crippen molar-refractivity contribution in [2.24, 2.45) is 7.05 Å². The van der Waals surface area contributed by atoms with Crippen LogP contribution in [0.4, 0.5) is 0 Å². The second-order valence-electron chi connectivity index (χ2n) is 6.92. The SMILES string of the molecule is Cc1ccc(C(NC(=O)c2cc(C3CC3)nn2C)c2ccccn2)cc1. The first-order valence-corrected chi connectivity index (χ1v) is 8.94. The van der Waals surface area contributed by atoms with Crippen LogP contribution in [-0.4, -0.2) is 20.7 Å². The van der Waals surface area contributed by atoms with Gasteiger partial charge in [-0.05, 0) is 43.5 Å². The molecule has 0 aliphatic heterocycles. The monoisotopic (exact) mass is 346 g/mol. The van der Waals surface area contributed by atoms with E-state index in [1.165, 1.54) is 5.56 Å². The fraction of sp³-hybridized carbons (Fsp3) is 0.286. The molecule has 2 heterocycles. The number of amides is 1. The molecule has 2 aromatic heterocycles. The predicted octanol–water partition coefficient (Wildman–Crippen LogP) is 3.52. The molecule has 1 aliphatic carbocycles. The molecule has 1 atom stereocenters. The van der Waals surface area contributed by atoms with Crippen LogP contribution in [0.15, 0.2) is 54.7 Å². The zero-order chi connectivity index (χ0) is 18.1. The number of pyridine rings is 1. The van der Waals surface area contributed by atoms with Gasteiger partial charge in [-0.3, -0.25) is 14.5 Å². The van der Waals surface area contributed by atoms with Gasteiger partial charge in [0.05, 0.1) is 17.4 Å². The summed E-state index contributed by atoms with van der Waals surface area (Å²) in [7, 11) is 1.82. The number of nitrogens with zero attached hydrogens (tertiary/aromatic N) is 3. The minimum Gasteiger partial charge on any atom is -0.338 e. The highest BCUT2D eigenvalue weighted by Gasteiger charge is 2.28. The van der Waals surface area contributed by atoms with Crippen LogP contribution in [-0.2, 0) is 7.05 Å². The Kier molecular flexibility index (Phi) is 4.29. The van der Waals surface area contributed by atoms with Crippen LogP contribution in [0.3, 0.4) is 0 Å². The van der Waals surface area contributed by atoms with Gasteiger partial charge >= 0.3 is 0 Å². The van der Waals surface area contributed by atoms with Gasteiger partial charge in [-0.15, -0.1) is 0 Å². The van der Waals surface area contributed by atoms with E-state index in [1.54, 1.807) is 10.9 Å². The maximum Gasteiger partial charge on any atom is 0.270 e. The Balaban J connectivity index is 1.64. The highest BCUT2D eigenvalue weighted by molar-refractivity contribution is 5.93. The molecular formula is C21H22N4O. The number of aromatic nitrogens is 3. The molecular weight excluding hydrogens is 324 g/mol. The molecule has 1 aromatic carbocycles. The molecule has 0 radical (unpaired) electrons. The van der Waals surface area contributed by atoms with Crippen molar-refractivity contribution >= 4 is 5.91 Å². The smallest absolute Gasteiger partial charge is 0.270 e. The van der Waals surface area contributed by atoms with Crippen molar-refractivity contribution in [1.82, 2.24) is 20.1 Å². The molecule has 1 aliphatic rings. The van der Waals surface area contributed by atoms with Crippen molar-refractivity contribution in [3.05, 3.63) is 82.9 Å². The number of carbonyl (C=O) groups is 1. The summed E-state index contributed by atoms with van der Waals surface area (Å²) in [5, 5.41) is 7.63. The van der Waals surface area contributed by atoms with Crippen LogP contribution in [0.2, 0.25) is 0 Å². The summed E-state index contributed by atoms with van der Waals surface area (Å²) in [6.07, 6.45) is 4.08. The maximum absolute atomic E-state index is 12.9. The standard InChI is InChI=1S/C21H22N4O/c1-14-6-8-16(9-7-14)20(17-5-3-4-12-22-17)23-21(26)19-13-18(15-10-11-15)24-25(19)2/h3-9,12-13,15,20H,10-11H2,1-2H3,(H,23,26). The fourth-order valence-electron chi connectivity index (χ4n) is 3.12. The lowest BCUT2D eigenvalue weighted by atomic mass is 10.0. The minimum atomic E-state index is -0.302. The van der Waals surface area contributed by atoms with Crippen molar-refractivity contribution in [3.63, 3.8) is 0 Å². The molecule has 4 rings (SSSR count). The van der Waals surface area contributed by atoms with Crippen LogP contribution < -0.4 is 5.32 Å². The molecule has 132 valence electrons. The first-order valence-electron chi connectivity index (χ1n) is 8.94. The van der Waals surface area contributed by atoms with Crippen LogP contribution in [0.5, 0.6) is 0 Å². The van der Waals surface area contributed by atoms with Crippen LogP contribution in [0, 0.1) is 6.92 Å². The molecule has 1 unspecified atom stereocenters. The van der Waals surface area contributed by atoms with Gasteiger partial charge in [0.2, 0.25) is 0 Å². The second-order valence-corrected chi connectivity index (χ2v) is 6.92. The van der Waals surface area contributed by atoms with E-state index in [0.29, 0.717) is 11.6 Å². The summed E-state index contributed by atoms with van der Waals surface area (Å²) in [4.78, 5) is 17.4. The van der Waals surface area contributed by atoms with E-state index in [-0.39, 0.29) is 11.9 Å². The molecule has 1 amide bonds. The zero-order valence-electron chi connectivity index (χ0n) is 15.0. The average Bonchev–Trinajstić information content (AvgIpc) is 3.43. The molecule has 0 saturated heterocycles. The second kappa shape index (κ2) is 6.75. The first-order chi connectivity index (χ1) is 12.6. The summed E-state index contributed by atoms with van der Waals surface area (Å²) in [6, 6.07) is 15.5. The Morgan fingerprint density at radius 2 is 1.96 bits per heavy atom. The van der Waals surface area contributed by atoms with E-state index >= 15 is 0 Å². The quantitative estimate of drug-likeness (QED) is 0.769. The number of carbonyl (C=O) groups excluding carboxylic acids is 1. The molecule has 26 heavy (non-hydrogen) atoms. The highest BCUT2D eigenvalue weighted by Crippen LogP contribution is 2.39. The van der Waals surface area contributed by atoms with Crippen molar-refractivity contribution in [2.45, 2.75) is 31.7 Å². The summed E-state index contributed by atoms with van der Waals surface area (Å²) in [6.45, 7) is 2.05. The van der Waals surface area contributed by atoms with Gasteiger partial charge in [-0.2, -0.15) is 5.10 Å². The maximum atomic E-state index is 12.9. The van der Waals surface area contributed by atoms with Crippen molar-refractivity contribution in [2.75, 3.05) is 0 Å². The predicted molar refractivity (Wildman–Crippen MR) is 99.9 cm³/mol. The van der Waals surface area contributed by atoms with E-state index in [1.807, 2.05) is 62.5 Å². The first kappa shape index (κ1) is 16.5. The van der Waals surface area contributed by atoms with Gasteiger partial charge in [0, 0.05) is 19.2 Å². The molecule has 5 nitrogen and oxygen atoms in total. The minimum absolute atomic E-state index is 0.136. The fourth-order valence-corrected chi connectivity index (χ4v) is 3.12. The van der Waals surface area contributed by atoms with Gasteiger partial charge in [0.1, 0.15) is 5.69 Å². The number of benzene rings is 1. The molecule has 0 spiro atoms. The molecule has 0 bridgehead atoms. The number of rotatable bonds is 5. The number of aryl methyl sites for hydroxylation is 2. The van der Waals surface area contributed by atoms with Gasteiger partial charge in [0.25, 0.3) is 5.91 Å². The summed E-state index contributed by atoms with van der Waals surface area (Å²) in [5.41, 5.74) is 4.60. The summed E-state index contributed by atoms with van der Waals surface area (Å²) in [5.74, 6) is 0.384. The molecule has 1 N–H and O–H groups in total. The number of nitrogens with one attached hydrogen (secondary N) is 1. The topological polar surface area (TPSA) is 59.8 Å². The Bertz CT molecular complexity index is 911. The van der Waals surface area contributed by atoms with E-state index in [2.05, 4.69) is 15.4 Å². The lowest BCUT2D eigenvalue weighted by Crippen LogP contribution is -2.31. The van der Waals surface area contributed by atoms with Crippen LogP contribution in [0.25, 0.3) is 0 Å². The largest absolute Gasteiger partial charge is 0.338 e. The Hall–Kier alpha value is -2.95. The average molecular weight is 346 g/mol. The normalized spacial score (nSPS) is 14.8. The van der Waals surface area contributed by atoms with Crippen LogP contribution in [0.1, 0.15) is 57.8 Å². The lowest BCUT2D eigenvalue weighted by molar-refractivity contribution is 0.0933. The molecule has 5 heteroatoms. The Morgan fingerprint density at radius 1 is 1.19 bits per heavy atom. The van der Waals surface area contributed by atoms with Gasteiger partial charge in [-0.1, -0.05) is 35.9 Å². The van der Waals surface area contributed by atoms with E-state index < -0.39 is 0 Å². The lowest BCUT2D eigenvalue weighted by Gasteiger charge is -2.19. The van der Waals surface area contributed by atoms with E-state index in [9.17, 15) is 4.79 Å². The third-order valence-corrected chi connectivity index (χ3v) is 4.80. The molecule has 1 saturated carbocycles. The summed E-state index contributed by atoms with van der Waals surface area (Å²) < 4.78 is 1.67. The van der Waals surface area contributed by atoms with Crippen molar-refractivity contribution in [1.29, 1.82) is 0 Å². The van der Waals surface area contributed by atoms with Crippen LogP contribution >= 0.6 is 0 Å². The Morgan fingerprint density at radius 3 is 2.62 bits per heavy atom. The molecule has 1 fully saturated rings. The van der Waals surface area contributed by atoms with Crippen molar-refractivity contribution in [3.8, 4) is 0 Å². The highest BCUT2D eigenvalue weighted by atomic mass is 16.2. The Labute approximate surface area is 153 Å². The summed E-state index contributed by atoms with van der Waals surface area (Å²) >= 11 is 0. The van der Waals surface area contributed by atoms with Gasteiger partial charge in [0.15, 0.2) is 0 Å². The molecule has 3 aromatic rings. The van der Waals surface area contributed by atoms with Gasteiger partial charge < -0.3 is 5.32 Å². The van der Waals surface area contributed by atoms with Gasteiger partial charge in [-0.25, -0.2) is 0 Å². The van der Waals surface area contributed by atoms with E-state index in [4.69, 9.17) is 0 Å². The third kappa shape index (κ3) is 3.38. The van der Waals surface area contributed by atoms with Crippen molar-refractivity contribution < 1.29 is 4.79 Å². The van der Waals surface area contributed by atoms with E-state index in [0.717, 1.165) is 29.8 Å².